The van der Waals surface area contributed by atoms with Crippen LogP contribution in [0.1, 0.15) is 49.2 Å². The van der Waals surface area contributed by atoms with E-state index in [1.54, 1.807) is 35.4 Å². The van der Waals surface area contributed by atoms with E-state index in [0.29, 0.717) is 18.1 Å². The normalized spacial score (nSPS) is 17.0. The molecule has 3 N–H and O–H groups in total. The lowest BCUT2D eigenvalue weighted by molar-refractivity contribution is -0.122. The molecule has 4 aromatic heterocycles. The van der Waals surface area contributed by atoms with Crippen molar-refractivity contribution < 1.29 is 28.2 Å². The van der Waals surface area contributed by atoms with Crippen LogP contribution in [0, 0.1) is 5.82 Å². The predicted octanol–water partition coefficient (Wildman–Crippen LogP) is 4.54. The number of aromatic amines is 1. The minimum absolute atomic E-state index is 0.0816. The fourth-order valence-electron chi connectivity index (χ4n) is 4.30. The van der Waals surface area contributed by atoms with Crippen molar-refractivity contribution in [2.75, 3.05) is 11.9 Å². The van der Waals surface area contributed by atoms with Gasteiger partial charge in [0, 0.05) is 25.2 Å². The fraction of sp³-hybridized carbons (Fsp3) is 0.320. The number of carbonyl (C=O) groups is 2. The molecule has 1 aliphatic rings. The van der Waals surface area contributed by atoms with Gasteiger partial charge in [-0.2, -0.15) is 10.2 Å². The van der Waals surface area contributed by atoms with E-state index < -0.39 is 11.7 Å². The van der Waals surface area contributed by atoms with Crippen molar-refractivity contribution >= 4 is 18.1 Å². The first-order chi connectivity index (χ1) is 18.0. The van der Waals surface area contributed by atoms with Crippen LogP contribution < -0.4 is 5.32 Å². The van der Waals surface area contributed by atoms with Gasteiger partial charge in [-0.25, -0.2) is 4.39 Å². The summed E-state index contributed by atoms with van der Waals surface area (Å²) < 4.78 is 27.8. The highest BCUT2D eigenvalue weighted by Gasteiger charge is 2.26. The van der Waals surface area contributed by atoms with Crippen molar-refractivity contribution in [3.8, 4) is 22.7 Å². The molecule has 4 aromatic rings. The van der Waals surface area contributed by atoms with E-state index >= 15 is 0 Å². The van der Waals surface area contributed by atoms with Gasteiger partial charge in [-0.1, -0.05) is 0 Å². The lowest BCUT2D eigenvalue weighted by atomic mass is 9.93. The molecule has 1 aliphatic carbocycles. The van der Waals surface area contributed by atoms with Crippen molar-refractivity contribution in [3.05, 3.63) is 60.6 Å². The average Bonchev–Trinajstić information content (AvgIpc) is 3.67. The third-order valence-corrected chi connectivity index (χ3v) is 6.00. The minimum atomic E-state index is -0.511. The molecule has 0 radical (unpaired) electrons. The van der Waals surface area contributed by atoms with Crippen LogP contribution in [0.3, 0.4) is 0 Å². The molecule has 1 amide bonds. The molecule has 0 bridgehead atoms. The first-order valence-electron chi connectivity index (χ1n) is 11.8. The Hall–Kier alpha value is -4.32. The van der Waals surface area contributed by atoms with E-state index in [1.165, 1.54) is 18.3 Å². The smallest absolute Gasteiger partial charge is 0.291 e. The number of hydrogen-bond acceptors (Lipinski definition) is 7. The number of nitrogens with zero attached hydrogens (tertiary/aromatic N) is 4. The standard InChI is InChI=1S/C24H25FN6O3.CH2O2/c1-2-33-17-7-5-16(6-8-17)31-14-19(23(30-31)22-18(25)4-3-11-26-22)29-24(32)21-10-9-20(34-21)15-12-27-28-13-15;2-1-3/h3-4,9-14,16-17H,2,5-8H2,1H3,(H,27,28)(H,29,32);1H,(H,2,3). The second-order valence-corrected chi connectivity index (χ2v) is 8.30. The van der Waals surface area contributed by atoms with Crippen LogP contribution in [-0.2, 0) is 9.53 Å². The van der Waals surface area contributed by atoms with Gasteiger partial charge >= 0.3 is 0 Å². The van der Waals surface area contributed by atoms with Crippen LogP contribution in [0.2, 0.25) is 0 Å². The van der Waals surface area contributed by atoms with E-state index in [9.17, 15) is 9.18 Å². The Kier molecular flexibility index (Phi) is 8.41. The Morgan fingerprint density at radius 3 is 2.76 bits per heavy atom. The number of rotatable bonds is 7. The van der Waals surface area contributed by atoms with Gasteiger partial charge in [-0.3, -0.25) is 24.4 Å². The monoisotopic (exact) mass is 510 g/mol. The Morgan fingerprint density at radius 1 is 1.30 bits per heavy atom. The van der Waals surface area contributed by atoms with Crippen LogP contribution in [0.25, 0.3) is 22.7 Å². The summed E-state index contributed by atoms with van der Waals surface area (Å²) in [5.74, 6) is -0.347. The van der Waals surface area contributed by atoms with Crippen molar-refractivity contribution in [1.29, 1.82) is 0 Å². The summed E-state index contributed by atoms with van der Waals surface area (Å²) >= 11 is 0. The van der Waals surface area contributed by atoms with Gasteiger partial charge in [-0.05, 0) is 56.9 Å². The number of H-pyrrole nitrogens is 1. The Balaban J connectivity index is 0.00000102. The first-order valence-corrected chi connectivity index (χ1v) is 11.8. The SMILES string of the molecule is CCOC1CCC(n2cc(NC(=O)c3ccc(-c4cn[nH]c4)o3)c(-c3ncccc3F)n2)CC1.O=CO. The van der Waals surface area contributed by atoms with Crippen LogP contribution in [0.15, 0.2) is 53.5 Å². The van der Waals surface area contributed by atoms with Gasteiger partial charge in [0.2, 0.25) is 0 Å². The molecule has 4 heterocycles. The summed E-state index contributed by atoms with van der Waals surface area (Å²) in [5, 5.41) is 21.0. The number of halogens is 1. The number of furan rings is 1. The topological polar surface area (TPSA) is 148 Å². The van der Waals surface area contributed by atoms with Gasteiger partial charge in [0.15, 0.2) is 11.6 Å². The molecular formula is C25H27FN6O5. The zero-order chi connectivity index (χ0) is 26.2. The summed E-state index contributed by atoms with van der Waals surface area (Å²) in [7, 11) is 0. The average molecular weight is 511 g/mol. The third-order valence-electron chi connectivity index (χ3n) is 6.00. The predicted molar refractivity (Wildman–Crippen MR) is 131 cm³/mol. The molecule has 0 spiro atoms. The van der Waals surface area contributed by atoms with Crippen LogP contribution in [-0.4, -0.2) is 55.2 Å². The minimum Gasteiger partial charge on any atom is -0.483 e. The number of anilines is 1. The van der Waals surface area contributed by atoms with E-state index in [2.05, 4.69) is 25.6 Å². The zero-order valence-electron chi connectivity index (χ0n) is 20.1. The Bertz CT molecular complexity index is 1310. The molecule has 12 heteroatoms. The van der Waals surface area contributed by atoms with E-state index in [-0.39, 0.29) is 35.8 Å². The number of aromatic nitrogens is 5. The van der Waals surface area contributed by atoms with Gasteiger partial charge < -0.3 is 19.6 Å². The number of carbonyl (C=O) groups excluding carboxylic acids is 1. The number of nitrogens with one attached hydrogen (secondary N) is 2. The van der Waals surface area contributed by atoms with Gasteiger partial charge in [0.05, 0.1) is 29.6 Å². The number of pyridine rings is 1. The molecule has 1 saturated carbocycles. The maximum absolute atomic E-state index is 14.6. The van der Waals surface area contributed by atoms with Crippen molar-refractivity contribution in [2.45, 2.75) is 44.8 Å². The second kappa shape index (κ2) is 12.1. The highest BCUT2D eigenvalue weighted by atomic mass is 19.1. The molecule has 37 heavy (non-hydrogen) atoms. The molecule has 0 saturated heterocycles. The first kappa shape index (κ1) is 25.8. The quantitative estimate of drug-likeness (QED) is 0.307. The number of ether oxygens (including phenoxy) is 1. The summed E-state index contributed by atoms with van der Waals surface area (Å²) in [6, 6.07) is 6.24. The largest absolute Gasteiger partial charge is 0.483 e. The van der Waals surface area contributed by atoms with Crippen molar-refractivity contribution in [2.24, 2.45) is 0 Å². The highest BCUT2D eigenvalue weighted by Crippen LogP contribution is 2.34. The molecule has 5 rings (SSSR count). The van der Waals surface area contributed by atoms with Gasteiger partial charge in [0.1, 0.15) is 17.1 Å². The van der Waals surface area contributed by atoms with E-state index in [1.807, 2.05) is 6.92 Å². The summed E-state index contributed by atoms with van der Waals surface area (Å²) in [6.07, 6.45) is 10.4. The molecule has 11 nitrogen and oxygen atoms in total. The number of carboxylic acid groups (broad SMARTS) is 1. The summed E-state index contributed by atoms with van der Waals surface area (Å²) in [6.45, 7) is 2.45. The molecule has 0 unspecified atom stereocenters. The van der Waals surface area contributed by atoms with Crippen LogP contribution in [0.4, 0.5) is 10.1 Å². The molecule has 0 aromatic carbocycles. The van der Waals surface area contributed by atoms with Gasteiger partial charge in [-0.15, -0.1) is 0 Å². The molecule has 0 atom stereocenters. The molecule has 194 valence electrons. The fourth-order valence-corrected chi connectivity index (χ4v) is 4.30. The van der Waals surface area contributed by atoms with Gasteiger partial charge in [0.25, 0.3) is 12.4 Å². The summed E-state index contributed by atoms with van der Waals surface area (Å²) in [4.78, 5) is 25.5. The molecule has 1 fully saturated rings. The highest BCUT2D eigenvalue weighted by molar-refractivity contribution is 6.04. The van der Waals surface area contributed by atoms with E-state index in [4.69, 9.17) is 19.1 Å². The number of hydrogen-bond donors (Lipinski definition) is 3. The maximum atomic E-state index is 14.6. The molecule has 0 aliphatic heterocycles. The Labute approximate surface area is 211 Å². The zero-order valence-corrected chi connectivity index (χ0v) is 20.1. The van der Waals surface area contributed by atoms with Crippen LogP contribution in [0.5, 0.6) is 0 Å². The lowest BCUT2D eigenvalue weighted by Gasteiger charge is -2.28. The molecular weight excluding hydrogens is 483 g/mol. The lowest BCUT2D eigenvalue weighted by Crippen LogP contribution is -2.24. The summed E-state index contributed by atoms with van der Waals surface area (Å²) in [5.41, 5.74) is 1.46. The second-order valence-electron chi connectivity index (χ2n) is 8.30. The van der Waals surface area contributed by atoms with Crippen molar-refractivity contribution in [3.63, 3.8) is 0 Å². The number of amides is 1. The third kappa shape index (κ3) is 6.09. The van der Waals surface area contributed by atoms with Crippen molar-refractivity contribution in [1.82, 2.24) is 25.0 Å². The maximum Gasteiger partial charge on any atom is 0.291 e. The van der Waals surface area contributed by atoms with E-state index in [0.717, 1.165) is 31.2 Å². The van der Waals surface area contributed by atoms with Crippen LogP contribution >= 0.6 is 0 Å². The Morgan fingerprint density at radius 2 is 2.08 bits per heavy atom.